The Balaban J connectivity index is 1.58. The Labute approximate surface area is 229 Å². The lowest BCUT2D eigenvalue weighted by molar-refractivity contribution is 0.0977. The first-order chi connectivity index (χ1) is 18.4. The van der Waals surface area contributed by atoms with Gasteiger partial charge >= 0.3 is 6.03 Å². The van der Waals surface area contributed by atoms with E-state index in [1.165, 1.54) is 22.5 Å². The molecular weight excluding hydrogens is 496 g/mol. The normalized spacial score (nSPS) is 16.0. The lowest BCUT2D eigenvalue weighted by atomic mass is 9.90. The highest BCUT2D eigenvalue weighted by Crippen LogP contribution is 2.38. The molecule has 3 amide bonds. The maximum atomic E-state index is 13.2. The van der Waals surface area contributed by atoms with E-state index in [2.05, 4.69) is 39.7 Å². The Kier molecular flexibility index (Phi) is 9.58. The number of thiophene rings is 1. The number of allylic oxidation sites excluding steroid dienone is 1. The molecule has 5 N–H and O–H groups in total. The highest BCUT2D eigenvalue weighted by Gasteiger charge is 2.27. The van der Waals surface area contributed by atoms with E-state index in [0.29, 0.717) is 17.1 Å². The van der Waals surface area contributed by atoms with Gasteiger partial charge in [0.1, 0.15) is 5.00 Å². The molecule has 0 saturated heterocycles. The van der Waals surface area contributed by atoms with E-state index in [4.69, 9.17) is 5.41 Å². The molecule has 3 heterocycles. The van der Waals surface area contributed by atoms with Crippen molar-refractivity contribution in [2.45, 2.75) is 72.1 Å². The predicted molar refractivity (Wildman–Crippen MR) is 156 cm³/mol. The second-order valence-corrected chi connectivity index (χ2v) is 11.2. The number of unbranched alkanes of at least 4 members (excludes halogenated alkanes) is 1. The van der Waals surface area contributed by atoms with Crippen LogP contribution in [-0.2, 0) is 12.8 Å². The van der Waals surface area contributed by atoms with Crippen LogP contribution in [0.5, 0.6) is 0 Å². The van der Waals surface area contributed by atoms with Crippen molar-refractivity contribution in [2.24, 2.45) is 0 Å². The second-order valence-electron chi connectivity index (χ2n) is 10.1. The number of aryl methyl sites for hydroxylation is 1. The molecule has 1 aliphatic carbocycles. The summed E-state index contributed by atoms with van der Waals surface area (Å²) in [6.07, 6.45) is 12.2. The van der Waals surface area contributed by atoms with Crippen LogP contribution in [0.15, 0.2) is 41.2 Å². The van der Waals surface area contributed by atoms with Gasteiger partial charge in [-0.15, -0.1) is 11.3 Å². The number of rotatable bonds is 9. The predicted octanol–water partition coefficient (Wildman–Crippen LogP) is 5.69. The van der Waals surface area contributed by atoms with Crippen LogP contribution >= 0.6 is 11.3 Å². The number of carbonyl (C=O) groups is 2. The van der Waals surface area contributed by atoms with Crippen molar-refractivity contribution >= 4 is 39.8 Å². The van der Waals surface area contributed by atoms with Gasteiger partial charge in [-0.3, -0.25) is 15.5 Å². The van der Waals surface area contributed by atoms with Crippen molar-refractivity contribution in [1.29, 1.82) is 5.41 Å². The van der Waals surface area contributed by atoms with Gasteiger partial charge in [-0.25, -0.2) is 4.79 Å². The zero-order chi connectivity index (χ0) is 27.1. The Morgan fingerprint density at radius 2 is 1.89 bits per heavy atom. The molecule has 0 saturated carbocycles. The smallest absolute Gasteiger partial charge is 0.320 e. The third kappa shape index (κ3) is 6.63. The van der Waals surface area contributed by atoms with Crippen LogP contribution in [0.2, 0.25) is 0 Å². The van der Waals surface area contributed by atoms with E-state index < -0.39 is 0 Å². The van der Waals surface area contributed by atoms with Gasteiger partial charge in [0.15, 0.2) is 0 Å². The zero-order valence-corrected chi connectivity index (χ0v) is 23.6. The van der Waals surface area contributed by atoms with Gasteiger partial charge in [0.2, 0.25) is 0 Å². The molecule has 0 fully saturated rings. The van der Waals surface area contributed by atoms with Gasteiger partial charge < -0.3 is 20.5 Å². The lowest BCUT2D eigenvalue weighted by Crippen LogP contribution is -2.34. The molecule has 0 aromatic carbocycles. The first-order valence-corrected chi connectivity index (χ1v) is 14.5. The summed E-state index contributed by atoms with van der Waals surface area (Å²) in [5.41, 5.74) is 6.54. The van der Waals surface area contributed by atoms with E-state index in [1.54, 1.807) is 6.92 Å². The molecule has 1 aliphatic heterocycles. The molecule has 0 bridgehead atoms. The monoisotopic (exact) mass is 536 g/mol. The molecule has 0 radical (unpaired) electrons. The minimum absolute atomic E-state index is 0.0885. The molecule has 8 nitrogen and oxygen atoms in total. The van der Waals surface area contributed by atoms with E-state index in [1.807, 2.05) is 24.5 Å². The largest absolute Gasteiger partial charge is 0.334 e. The first-order valence-electron chi connectivity index (χ1n) is 13.7. The average molecular weight is 537 g/mol. The molecular formula is C29H40N6O2S. The fraction of sp³-hybridized carbons (Fsp3) is 0.483. The lowest BCUT2D eigenvalue weighted by Gasteiger charge is -2.26. The van der Waals surface area contributed by atoms with E-state index in [9.17, 15) is 9.59 Å². The van der Waals surface area contributed by atoms with Crippen molar-refractivity contribution in [3.8, 4) is 0 Å². The molecule has 9 heteroatoms. The highest BCUT2D eigenvalue weighted by atomic mass is 32.1. The number of carbonyl (C=O) groups excluding carboxylic acids is 2. The SMILES string of the molecule is CCCCC1=C(/C(CNC(=O)Nc2sc3c(c2C(=O)NC(C)=N)CCCC3)=C(\C)n2cccc2)CCNC1. The molecule has 0 spiro atoms. The van der Waals surface area contributed by atoms with Gasteiger partial charge in [-0.05, 0) is 94.2 Å². The number of fused-ring (bicyclic) bond motifs is 1. The van der Waals surface area contributed by atoms with Crippen LogP contribution in [0.3, 0.4) is 0 Å². The zero-order valence-electron chi connectivity index (χ0n) is 22.8. The van der Waals surface area contributed by atoms with Crippen LogP contribution < -0.4 is 21.3 Å². The molecule has 2 aliphatic rings. The fourth-order valence-electron chi connectivity index (χ4n) is 5.34. The summed E-state index contributed by atoms with van der Waals surface area (Å²) < 4.78 is 2.11. The Morgan fingerprint density at radius 1 is 1.13 bits per heavy atom. The number of anilines is 1. The molecule has 2 aromatic rings. The Bertz CT molecular complexity index is 1240. The summed E-state index contributed by atoms with van der Waals surface area (Å²) in [5, 5.41) is 20.5. The maximum absolute atomic E-state index is 13.2. The third-order valence-electron chi connectivity index (χ3n) is 7.29. The van der Waals surface area contributed by atoms with Crippen molar-refractivity contribution in [3.63, 3.8) is 0 Å². The van der Waals surface area contributed by atoms with Gasteiger partial charge in [-0.2, -0.15) is 0 Å². The number of nitrogens with zero attached hydrogens (tertiary/aromatic N) is 1. The maximum Gasteiger partial charge on any atom is 0.320 e. The number of hydrogen-bond acceptors (Lipinski definition) is 5. The van der Waals surface area contributed by atoms with Crippen LogP contribution in [0.4, 0.5) is 9.80 Å². The standard InChI is InChI=1S/C29H40N6O2S/c1-4-5-10-21-17-31-14-13-22(21)24(19(2)35-15-8-9-16-35)18-32-29(37)34-28-26(27(36)33-20(3)30)23-11-6-7-12-25(23)38-28/h8-9,15-16,31H,4-7,10-14,17-18H2,1-3H3,(H2,30,33,36)(H2,32,34,37)/b24-19+. The number of nitrogens with one attached hydrogen (secondary N) is 5. The molecule has 0 unspecified atom stereocenters. The number of amidine groups is 1. The minimum Gasteiger partial charge on any atom is -0.334 e. The van der Waals surface area contributed by atoms with Gasteiger partial charge in [0, 0.05) is 36.1 Å². The van der Waals surface area contributed by atoms with Crippen LogP contribution in [-0.4, -0.2) is 42.0 Å². The fourth-order valence-corrected chi connectivity index (χ4v) is 6.62. The van der Waals surface area contributed by atoms with Gasteiger partial charge in [0.05, 0.1) is 11.4 Å². The Hall–Kier alpha value is -3.17. The summed E-state index contributed by atoms with van der Waals surface area (Å²) >= 11 is 1.48. The average Bonchev–Trinajstić information content (AvgIpc) is 3.56. The quantitative estimate of drug-likeness (QED) is 0.210. The van der Waals surface area contributed by atoms with Crippen LogP contribution in [0.1, 0.15) is 80.1 Å². The molecule has 0 atom stereocenters. The number of urea groups is 1. The number of hydrogen-bond donors (Lipinski definition) is 5. The topological polar surface area (TPSA) is 111 Å². The number of amides is 3. The Morgan fingerprint density at radius 3 is 2.63 bits per heavy atom. The van der Waals surface area contributed by atoms with E-state index in [0.717, 1.165) is 86.2 Å². The van der Waals surface area contributed by atoms with Crippen molar-refractivity contribution < 1.29 is 9.59 Å². The van der Waals surface area contributed by atoms with Crippen LogP contribution in [0.25, 0.3) is 5.70 Å². The van der Waals surface area contributed by atoms with Crippen molar-refractivity contribution in [3.05, 3.63) is 57.2 Å². The molecule has 204 valence electrons. The summed E-state index contributed by atoms with van der Waals surface area (Å²) in [7, 11) is 0. The highest BCUT2D eigenvalue weighted by molar-refractivity contribution is 7.17. The summed E-state index contributed by atoms with van der Waals surface area (Å²) in [5.74, 6) is -0.234. The minimum atomic E-state index is -0.327. The van der Waals surface area contributed by atoms with Crippen molar-refractivity contribution in [1.82, 2.24) is 20.5 Å². The first kappa shape index (κ1) is 27.9. The van der Waals surface area contributed by atoms with Gasteiger partial charge in [-0.1, -0.05) is 18.9 Å². The third-order valence-corrected chi connectivity index (χ3v) is 8.50. The molecule has 4 rings (SSSR count). The molecule has 38 heavy (non-hydrogen) atoms. The van der Waals surface area contributed by atoms with Gasteiger partial charge in [0.25, 0.3) is 5.91 Å². The number of aromatic nitrogens is 1. The second kappa shape index (κ2) is 13.1. The summed E-state index contributed by atoms with van der Waals surface area (Å²) in [6.45, 7) is 8.07. The van der Waals surface area contributed by atoms with E-state index in [-0.39, 0.29) is 17.8 Å². The molecule has 2 aromatic heterocycles. The summed E-state index contributed by atoms with van der Waals surface area (Å²) in [4.78, 5) is 27.3. The summed E-state index contributed by atoms with van der Waals surface area (Å²) in [6, 6.07) is 3.70. The van der Waals surface area contributed by atoms with Crippen molar-refractivity contribution in [2.75, 3.05) is 25.0 Å². The van der Waals surface area contributed by atoms with E-state index >= 15 is 0 Å². The van der Waals surface area contributed by atoms with Crippen LogP contribution in [0, 0.1) is 5.41 Å².